The van der Waals surface area contributed by atoms with E-state index in [9.17, 15) is 4.79 Å². The number of para-hydroxylation sites is 1. The molecule has 1 aromatic carbocycles. The van der Waals surface area contributed by atoms with Gasteiger partial charge in [0.2, 0.25) is 0 Å². The molecule has 4 nitrogen and oxygen atoms in total. The molecule has 1 aliphatic rings. The summed E-state index contributed by atoms with van der Waals surface area (Å²) in [6, 6.07) is 6.04. The lowest BCUT2D eigenvalue weighted by Gasteiger charge is -2.12. The fraction of sp³-hybridized carbons (Fsp3) is 0.375. The smallest absolute Gasteiger partial charge is 0.254 e. The zero-order valence-electron chi connectivity index (χ0n) is 12.0. The van der Waals surface area contributed by atoms with Crippen molar-refractivity contribution in [1.82, 2.24) is 9.97 Å². The number of fused-ring (bicyclic) bond motifs is 1. The lowest BCUT2D eigenvalue weighted by atomic mass is 10.0. The summed E-state index contributed by atoms with van der Waals surface area (Å²) in [6.07, 6.45) is 0.919. The minimum Gasteiger partial charge on any atom is -0.492 e. The van der Waals surface area contributed by atoms with Crippen molar-refractivity contribution >= 4 is 0 Å². The summed E-state index contributed by atoms with van der Waals surface area (Å²) in [5.41, 5.74) is 3.41. The summed E-state index contributed by atoms with van der Waals surface area (Å²) >= 11 is 0. The molecule has 3 rings (SSSR count). The molecule has 0 fully saturated rings. The van der Waals surface area contributed by atoms with Crippen LogP contribution in [0.5, 0.6) is 5.75 Å². The van der Waals surface area contributed by atoms with Crippen molar-refractivity contribution in [3.05, 3.63) is 45.5 Å². The third-order valence-corrected chi connectivity index (χ3v) is 3.69. The SMILES string of the molecule is Cc1c(-c2cccc3c2OCC3)nc(C(C)C)[nH]c1=O. The van der Waals surface area contributed by atoms with Gasteiger partial charge in [-0.25, -0.2) is 4.98 Å². The van der Waals surface area contributed by atoms with E-state index in [1.807, 2.05) is 26.0 Å². The Kier molecular flexibility index (Phi) is 3.08. The molecule has 1 aromatic heterocycles. The standard InChI is InChI=1S/C16H18N2O2/c1-9(2)15-17-13(10(3)16(19)18-15)12-6-4-5-11-7-8-20-14(11)12/h4-6,9H,7-8H2,1-3H3,(H,17,18,19). The van der Waals surface area contributed by atoms with Crippen molar-refractivity contribution in [3.63, 3.8) is 0 Å². The molecule has 20 heavy (non-hydrogen) atoms. The molecule has 0 unspecified atom stereocenters. The van der Waals surface area contributed by atoms with Crippen LogP contribution in [0.3, 0.4) is 0 Å². The average Bonchev–Trinajstić information content (AvgIpc) is 2.89. The van der Waals surface area contributed by atoms with Crippen LogP contribution in [0.15, 0.2) is 23.0 Å². The Bertz CT molecular complexity index is 717. The van der Waals surface area contributed by atoms with Gasteiger partial charge < -0.3 is 9.72 Å². The number of aromatic nitrogens is 2. The summed E-state index contributed by atoms with van der Waals surface area (Å²) in [5, 5.41) is 0. The molecule has 0 spiro atoms. The number of nitrogens with one attached hydrogen (secondary N) is 1. The number of benzene rings is 1. The van der Waals surface area contributed by atoms with E-state index in [1.165, 1.54) is 5.56 Å². The van der Waals surface area contributed by atoms with Crippen LogP contribution in [0.4, 0.5) is 0 Å². The van der Waals surface area contributed by atoms with Crippen LogP contribution in [-0.4, -0.2) is 16.6 Å². The molecule has 0 saturated heterocycles. The van der Waals surface area contributed by atoms with Crippen molar-refractivity contribution in [1.29, 1.82) is 0 Å². The summed E-state index contributed by atoms with van der Waals surface area (Å²) in [6.45, 7) is 6.54. The van der Waals surface area contributed by atoms with Crippen LogP contribution in [-0.2, 0) is 6.42 Å². The normalized spacial score (nSPS) is 13.4. The highest BCUT2D eigenvalue weighted by atomic mass is 16.5. The number of hydrogen-bond donors (Lipinski definition) is 1. The minimum absolute atomic E-state index is 0.0747. The Labute approximate surface area is 117 Å². The Balaban J connectivity index is 2.25. The van der Waals surface area contributed by atoms with Crippen molar-refractivity contribution in [2.24, 2.45) is 0 Å². The molecule has 1 N–H and O–H groups in total. The maximum absolute atomic E-state index is 12.1. The minimum atomic E-state index is -0.0747. The van der Waals surface area contributed by atoms with E-state index >= 15 is 0 Å². The van der Waals surface area contributed by atoms with E-state index in [4.69, 9.17) is 4.74 Å². The van der Waals surface area contributed by atoms with Gasteiger partial charge in [-0.3, -0.25) is 4.79 Å². The lowest BCUT2D eigenvalue weighted by Crippen LogP contribution is -2.17. The molecule has 0 radical (unpaired) electrons. The number of H-pyrrole nitrogens is 1. The highest BCUT2D eigenvalue weighted by molar-refractivity contribution is 5.72. The van der Waals surface area contributed by atoms with E-state index in [-0.39, 0.29) is 11.5 Å². The molecule has 0 atom stereocenters. The molecule has 0 saturated carbocycles. The average molecular weight is 270 g/mol. The van der Waals surface area contributed by atoms with Crippen molar-refractivity contribution in [2.75, 3.05) is 6.61 Å². The predicted molar refractivity (Wildman–Crippen MR) is 78.3 cm³/mol. The molecule has 0 bridgehead atoms. The highest BCUT2D eigenvalue weighted by Crippen LogP contribution is 2.36. The number of aromatic amines is 1. The van der Waals surface area contributed by atoms with Crippen LogP contribution >= 0.6 is 0 Å². The van der Waals surface area contributed by atoms with Gasteiger partial charge in [0.25, 0.3) is 5.56 Å². The number of rotatable bonds is 2. The largest absolute Gasteiger partial charge is 0.492 e. The Hall–Kier alpha value is -2.10. The fourth-order valence-corrected chi connectivity index (χ4v) is 2.49. The molecular formula is C16H18N2O2. The van der Waals surface area contributed by atoms with Crippen LogP contribution in [0, 0.1) is 6.92 Å². The van der Waals surface area contributed by atoms with Gasteiger partial charge in [0.1, 0.15) is 11.6 Å². The summed E-state index contributed by atoms with van der Waals surface area (Å²) in [7, 11) is 0. The van der Waals surface area contributed by atoms with Gasteiger partial charge in [0.05, 0.1) is 12.3 Å². The van der Waals surface area contributed by atoms with Gasteiger partial charge in [0, 0.05) is 23.5 Å². The first-order chi connectivity index (χ1) is 9.58. The lowest BCUT2D eigenvalue weighted by molar-refractivity contribution is 0.358. The van der Waals surface area contributed by atoms with Crippen LogP contribution < -0.4 is 10.3 Å². The van der Waals surface area contributed by atoms with Crippen molar-refractivity contribution in [2.45, 2.75) is 33.1 Å². The predicted octanol–water partition coefficient (Wildman–Crippen LogP) is 2.80. The first kappa shape index (κ1) is 12.9. The molecule has 0 amide bonds. The highest BCUT2D eigenvalue weighted by Gasteiger charge is 2.20. The second-order valence-electron chi connectivity index (χ2n) is 5.47. The van der Waals surface area contributed by atoms with E-state index in [1.54, 1.807) is 6.92 Å². The first-order valence-corrected chi connectivity index (χ1v) is 6.94. The van der Waals surface area contributed by atoms with Gasteiger partial charge in [-0.2, -0.15) is 0 Å². The topological polar surface area (TPSA) is 55.0 Å². The Morgan fingerprint density at radius 2 is 2.15 bits per heavy atom. The van der Waals surface area contributed by atoms with Gasteiger partial charge >= 0.3 is 0 Å². The molecule has 2 heterocycles. The second-order valence-corrected chi connectivity index (χ2v) is 5.47. The van der Waals surface area contributed by atoms with Crippen LogP contribution in [0.25, 0.3) is 11.3 Å². The number of ether oxygens (including phenoxy) is 1. The third kappa shape index (κ3) is 2.01. The maximum atomic E-state index is 12.1. The third-order valence-electron chi connectivity index (χ3n) is 3.69. The second kappa shape index (κ2) is 4.78. The monoisotopic (exact) mass is 270 g/mol. The Morgan fingerprint density at radius 3 is 2.90 bits per heavy atom. The van der Waals surface area contributed by atoms with Gasteiger partial charge in [-0.05, 0) is 18.6 Å². The summed E-state index contributed by atoms with van der Waals surface area (Å²) in [5.74, 6) is 1.77. The summed E-state index contributed by atoms with van der Waals surface area (Å²) < 4.78 is 5.73. The molecule has 4 heteroatoms. The molecule has 104 valence electrons. The molecule has 2 aromatic rings. The van der Waals surface area contributed by atoms with E-state index in [2.05, 4.69) is 16.0 Å². The number of nitrogens with zero attached hydrogens (tertiary/aromatic N) is 1. The fourth-order valence-electron chi connectivity index (χ4n) is 2.49. The Morgan fingerprint density at radius 1 is 1.35 bits per heavy atom. The van der Waals surface area contributed by atoms with Crippen LogP contribution in [0.2, 0.25) is 0 Å². The molecule has 0 aliphatic carbocycles. The molecule has 1 aliphatic heterocycles. The van der Waals surface area contributed by atoms with E-state index in [0.717, 1.165) is 23.4 Å². The van der Waals surface area contributed by atoms with E-state index < -0.39 is 0 Å². The zero-order chi connectivity index (χ0) is 14.3. The van der Waals surface area contributed by atoms with E-state index in [0.29, 0.717) is 18.0 Å². The van der Waals surface area contributed by atoms with Gasteiger partial charge in [-0.15, -0.1) is 0 Å². The van der Waals surface area contributed by atoms with Gasteiger partial charge in [-0.1, -0.05) is 26.0 Å². The number of hydrogen-bond acceptors (Lipinski definition) is 3. The van der Waals surface area contributed by atoms with Crippen LogP contribution in [0.1, 0.15) is 36.7 Å². The van der Waals surface area contributed by atoms with Gasteiger partial charge in [0.15, 0.2) is 0 Å². The zero-order valence-corrected chi connectivity index (χ0v) is 12.0. The molecular weight excluding hydrogens is 252 g/mol. The van der Waals surface area contributed by atoms with Crippen molar-refractivity contribution in [3.8, 4) is 17.0 Å². The maximum Gasteiger partial charge on any atom is 0.254 e. The summed E-state index contributed by atoms with van der Waals surface area (Å²) in [4.78, 5) is 19.6. The van der Waals surface area contributed by atoms with Crippen molar-refractivity contribution < 1.29 is 4.74 Å². The quantitative estimate of drug-likeness (QED) is 0.913. The first-order valence-electron chi connectivity index (χ1n) is 6.94.